The lowest BCUT2D eigenvalue weighted by Gasteiger charge is -2.47. The molecule has 0 spiro atoms. The topological polar surface area (TPSA) is 86.7 Å². The van der Waals surface area contributed by atoms with Gasteiger partial charge in [-0.3, -0.25) is 19.2 Å². The lowest BCUT2D eigenvalue weighted by atomic mass is 9.79. The Morgan fingerprint density at radius 3 is 1.04 bits per heavy atom. The highest BCUT2D eigenvalue weighted by molar-refractivity contribution is 8.08. The monoisotopic (exact) mass is 368 g/mol. The molecule has 0 amide bonds. The zero-order valence-electron chi connectivity index (χ0n) is 12.7. The molecule has 3 saturated heterocycles. The zero-order valence-corrected chi connectivity index (χ0v) is 14.3. The van der Waals surface area contributed by atoms with Gasteiger partial charge >= 0.3 is 23.9 Å². The van der Waals surface area contributed by atoms with Crippen molar-refractivity contribution in [3.8, 4) is 0 Å². The van der Waals surface area contributed by atoms with Crippen molar-refractivity contribution in [2.75, 3.05) is 0 Å². The third kappa shape index (κ3) is 2.11. The van der Waals surface area contributed by atoms with Gasteiger partial charge in [-0.1, -0.05) is 0 Å². The van der Waals surface area contributed by atoms with Crippen molar-refractivity contribution in [1.82, 2.24) is 0 Å². The van der Waals surface area contributed by atoms with Crippen LogP contribution in [0.25, 0.3) is 0 Å². The second-order valence-electron chi connectivity index (χ2n) is 7.28. The molecule has 5 aliphatic rings. The summed E-state index contributed by atoms with van der Waals surface area (Å²) in [5, 5.41) is 1.22. The Hall–Kier alpha value is -1.02. The van der Waals surface area contributed by atoms with Crippen LogP contribution in [0.3, 0.4) is 0 Å². The summed E-state index contributed by atoms with van der Waals surface area (Å²) in [6.45, 7) is 0. The van der Waals surface area contributed by atoms with Crippen LogP contribution in [0.2, 0.25) is 0 Å². The van der Waals surface area contributed by atoms with E-state index in [0.717, 1.165) is 0 Å². The third-order valence-corrected chi connectivity index (χ3v) is 9.89. The summed E-state index contributed by atoms with van der Waals surface area (Å²) >= 11 is 3.69. The fourth-order valence-corrected chi connectivity index (χ4v) is 8.92. The first-order valence-corrected chi connectivity index (χ1v) is 10.2. The summed E-state index contributed by atoms with van der Waals surface area (Å²) in [6, 6.07) is 0. The van der Waals surface area contributed by atoms with E-state index in [-0.39, 0.29) is 47.5 Å². The highest BCUT2D eigenvalue weighted by Crippen LogP contribution is 2.56. The Bertz CT molecular complexity index is 555. The van der Waals surface area contributed by atoms with Gasteiger partial charge in [-0.2, -0.15) is 23.5 Å². The molecular formula is C16H16O6S2. The standard InChI is InChI=1S/C16H16O6S2/c17-13-5-1-9-10(2-6(5)14(18)21-13)24-12-4-8-7(3-11(12)23-9)15(19)22-16(8)20/h5-12H,1-4H2. The minimum atomic E-state index is -0.371. The van der Waals surface area contributed by atoms with Gasteiger partial charge in [0.25, 0.3) is 0 Å². The average molecular weight is 368 g/mol. The molecule has 3 aliphatic heterocycles. The van der Waals surface area contributed by atoms with Crippen molar-refractivity contribution in [1.29, 1.82) is 0 Å². The van der Waals surface area contributed by atoms with Crippen molar-refractivity contribution in [2.24, 2.45) is 23.7 Å². The quantitative estimate of drug-likeness (QED) is 0.465. The van der Waals surface area contributed by atoms with Crippen molar-refractivity contribution < 1.29 is 28.7 Å². The van der Waals surface area contributed by atoms with Crippen LogP contribution in [0, 0.1) is 23.7 Å². The molecule has 2 saturated carbocycles. The van der Waals surface area contributed by atoms with Crippen LogP contribution in [-0.4, -0.2) is 44.9 Å². The predicted octanol–water partition coefficient (Wildman–Crippen LogP) is 1.16. The van der Waals surface area contributed by atoms with E-state index < -0.39 is 0 Å². The SMILES string of the molecule is O=C1OC(=O)C2CC3SC4CC5C(=O)OC(=O)C5CC4SC3CC12. The molecule has 0 aromatic rings. The number of rotatable bonds is 0. The maximum Gasteiger partial charge on any atom is 0.317 e. The van der Waals surface area contributed by atoms with E-state index in [1.807, 2.05) is 23.5 Å². The number of cyclic esters (lactones) is 4. The largest absolute Gasteiger partial charge is 0.393 e. The van der Waals surface area contributed by atoms with Gasteiger partial charge < -0.3 is 9.47 Å². The van der Waals surface area contributed by atoms with Crippen LogP contribution in [0.4, 0.5) is 0 Å². The highest BCUT2D eigenvalue weighted by Gasteiger charge is 2.57. The summed E-state index contributed by atoms with van der Waals surface area (Å²) in [7, 11) is 0. The number of esters is 4. The molecular weight excluding hydrogens is 352 g/mol. The molecule has 5 rings (SSSR count). The van der Waals surface area contributed by atoms with E-state index in [0.29, 0.717) is 46.7 Å². The number of hydrogen-bond donors (Lipinski definition) is 0. The molecule has 3 heterocycles. The van der Waals surface area contributed by atoms with Gasteiger partial charge in [0.1, 0.15) is 0 Å². The normalized spacial score (nSPS) is 49.7. The van der Waals surface area contributed by atoms with E-state index in [4.69, 9.17) is 9.47 Å². The second kappa shape index (κ2) is 5.24. The molecule has 6 nitrogen and oxygen atoms in total. The van der Waals surface area contributed by atoms with Crippen LogP contribution in [0.15, 0.2) is 0 Å². The summed E-state index contributed by atoms with van der Waals surface area (Å²) in [6.07, 6.45) is 2.72. The Morgan fingerprint density at radius 2 is 0.792 bits per heavy atom. The first-order chi connectivity index (χ1) is 11.5. The molecule has 0 aromatic heterocycles. The smallest absolute Gasteiger partial charge is 0.317 e. The van der Waals surface area contributed by atoms with Gasteiger partial charge in [-0.05, 0) is 25.7 Å². The van der Waals surface area contributed by atoms with E-state index in [9.17, 15) is 19.2 Å². The number of thioether (sulfide) groups is 2. The molecule has 8 unspecified atom stereocenters. The minimum absolute atomic E-state index is 0.294. The van der Waals surface area contributed by atoms with E-state index >= 15 is 0 Å². The van der Waals surface area contributed by atoms with Gasteiger partial charge in [0.15, 0.2) is 0 Å². The van der Waals surface area contributed by atoms with E-state index in [1.54, 1.807) is 0 Å². The molecule has 0 bridgehead atoms. The van der Waals surface area contributed by atoms with Gasteiger partial charge in [0, 0.05) is 21.0 Å². The Balaban J connectivity index is 1.36. The second-order valence-corrected chi connectivity index (χ2v) is 10.2. The maximum absolute atomic E-state index is 11.8. The molecule has 24 heavy (non-hydrogen) atoms. The maximum atomic E-state index is 11.8. The van der Waals surface area contributed by atoms with Gasteiger partial charge in [-0.25, -0.2) is 0 Å². The van der Waals surface area contributed by atoms with Crippen molar-refractivity contribution in [3.63, 3.8) is 0 Å². The molecule has 0 aromatic carbocycles. The van der Waals surface area contributed by atoms with Crippen LogP contribution in [-0.2, 0) is 28.7 Å². The highest BCUT2D eigenvalue weighted by atomic mass is 32.2. The minimum Gasteiger partial charge on any atom is -0.393 e. The number of fused-ring (bicyclic) bond motifs is 4. The van der Waals surface area contributed by atoms with Gasteiger partial charge in [0.05, 0.1) is 23.7 Å². The first kappa shape index (κ1) is 15.3. The molecule has 128 valence electrons. The van der Waals surface area contributed by atoms with E-state index in [2.05, 4.69) is 0 Å². The molecule has 0 radical (unpaired) electrons. The van der Waals surface area contributed by atoms with Crippen LogP contribution in [0.1, 0.15) is 25.7 Å². The lowest BCUT2D eigenvalue weighted by Crippen LogP contribution is -2.47. The molecule has 5 fully saturated rings. The number of hydrogen-bond acceptors (Lipinski definition) is 8. The third-order valence-electron chi connectivity index (χ3n) is 6.06. The summed E-state index contributed by atoms with van der Waals surface area (Å²) < 4.78 is 9.64. The first-order valence-electron chi connectivity index (χ1n) is 8.33. The molecule has 0 N–H and O–H groups in total. The zero-order chi connectivity index (χ0) is 16.6. The van der Waals surface area contributed by atoms with Gasteiger partial charge in [-0.15, -0.1) is 0 Å². The Morgan fingerprint density at radius 1 is 0.542 bits per heavy atom. The number of ether oxygens (including phenoxy) is 2. The lowest BCUT2D eigenvalue weighted by molar-refractivity contribution is -0.155. The van der Waals surface area contributed by atoms with E-state index in [1.165, 1.54) is 0 Å². The number of carbonyl (C=O) groups excluding carboxylic acids is 4. The molecule has 8 atom stereocenters. The number of carbonyl (C=O) groups is 4. The Kier molecular flexibility index (Phi) is 3.33. The van der Waals surface area contributed by atoms with Crippen molar-refractivity contribution in [3.05, 3.63) is 0 Å². The summed E-state index contributed by atoms with van der Waals surface area (Å²) in [5.74, 6) is -2.66. The summed E-state index contributed by atoms with van der Waals surface area (Å²) in [5.41, 5.74) is 0. The van der Waals surface area contributed by atoms with Crippen molar-refractivity contribution >= 4 is 47.4 Å². The molecule has 8 heteroatoms. The van der Waals surface area contributed by atoms with Crippen molar-refractivity contribution in [2.45, 2.75) is 46.7 Å². The average Bonchev–Trinajstić information content (AvgIpc) is 2.98. The van der Waals surface area contributed by atoms with Crippen LogP contribution >= 0.6 is 23.5 Å². The molecule has 2 aliphatic carbocycles. The van der Waals surface area contributed by atoms with Crippen LogP contribution in [0.5, 0.6) is 0 Å². The summed E-state index contributed by atoms with van der Waals surface area (Å²) in [4.78, 5) is 47.4. The fraction of sp³-hybridized carbons (Fsp3) is 0.750. The Labute approximate surface area is 146 Å². The van der Waals surface area contributed by atoms with Gasteiger partial charge in [0.2, 0.25) is 0 Å². The van der Waals surface area contributed by atoms with Crippen LogP contribution < -0.4 is 0 Å². The fourth-order valence-electron chi connectivity index (χ4n) is 4.83. The predicted molar refractivity (Wildman–Crippen MR) is 85.0 cm³/mol.